The van der Waals surface area contributed by atoms with Crippen LogP contribution in [0.1, 0.15) is 0 Å². The summed E-state index contributed by atoms with van der Waals surface area (Å²) in [5.41, 5.74) is 0. The summed E-state index contributed by atoms with van der Waals surface area (Å²) >= 11 is -3.06. The van der Waals surface area contributed by atoms with Gasteiger partial charge in [-0.15, -0.1) is 0 Å². The molecule has 0 amide bonds. The Morgan fingerprint density at radius 1 is 0.471 bits per heavy atom. The molecular weight excluding hydrogens is 489 g/mol. The van der Waals surface area contributed by atoms with Gasteiger partial charge in [-0.2, -0.15) is 0 Å². The molecule has 2 aromatic rings. The van der Waals surface area contributed by atoms with Crippen LogP contribution >= 0.6 is 37.7 Å². The van der Waals surface area contributed by atoms with E-state index in [1.54, 1.807) is 49.6 Å². The Morgan fingerprint density at radius 3 is 0.647 bits per heavy atom. The average Bonchev–Trinajstić information content (AvgIpc) is 2.32. The summed E-state index contributed by atoms with van der Waals surface area (Å²) in [7, 11) is 20.0. The molecule has 0 aliphatic heterocycles. The molecule has 0 aliphatic carbocycles. The van der Waals surface area contributed by atoms with Gasteiger partial charge in [0.2, 0.25) is 0 Å². The molecule has 17 heavy (non-hydrogen) atoms. The van der Waals surface area contributed by atoms with E-state index >= 15 is 0 Å². The van der Waals surface area contributed by atoms with Gasteiger partial charge in [-0.1, -0.05) is 0 Å². The second kappa shape index (κ2) is 11.1. The van der Waals surface area contributed by atoms with Crippen LogP contribution in [-0.4, -0.2) is 19.9 Å². The molecule has 0 radical (unpaired) electrons. The van der Waals surface area contributed by atoms with Crippen LogP contribution in [0, 0.1) is 0 Å². The quantitative estimate of drug-likeness (QED) is 0.558. The molecule has 2 heterocycles. The smallest absolute Gasteiger partial charge is 0.0451 e. The van der Waals surface area contributed by atoms with Crippen molar-refractivity contribution in [3.63, 3.8) is 0 Å². The van der Waals surface area contributed by atoms with E-state index in [-0.39, 0.29) is 0 Å². The van der Waals surface area contributed by atoms with E-state index in [0.29, 0.717) is 0 Å². The van der Waals surface area contributed by atoms with Gasteiger partial charge in [0.05, 0.1) is 0 Å². The van der Waals surface area contributed by atoms with Crippen LogP contribution in [0.25, 0.3) is 0 Å². The summed E-state index contributed by atoms with van der Waals surface area (Å²) in [6, 6.07) is 0. The normalized spacial score (nSPS) is 10.1. The van der Waals surface area contributed by atoms with E-state index in [1.807, 2.05) is 0 Å². The Balaban J connectivity index is 0.000000228. The van der Waals surface area contributed by atoms with Crippen molar-refractivity contribution in [2.75, 3.05) is 0 Å². The SMILES string of the molecule is [Cl][Pt]([Cl])([Cl])[Cl].c1cnccn1.c1cnccn1. The second-order valence-electron chi connectivity index (χ2n) is 2.06. The maximum Gasteiger partial charge on any atom is 0.0451 e. The summed E-state index contributed by atoms with van der Waals surface area (Å²) in [6.07, 6.45) is 13.1. The van der Waals surface area contributed by atoms with Crippen LogP contribution in [-0.2, 0) is 11.9 Å². The van der Waals surface area contributed by atoms with Gasteiger partial charge in [-0.3, -0.25) is 19.9 Å². The molecule has 0 N–H and O–H groups in total. The molecule has 0 saturated carbocycles. The van der Waals surface area contributed by atoms with E-state index in [2.05, 4.69) is 19.9 Å². The van der Waals surface area contributed by atoms with Gasteiger partial charge in [-0.05, 0) is 0 Å². The summed E-state index contributed by atoms with van der Waals surface area (Å²) in [5, 5.41) is 0. The molecule has 98 valence electrons. The number of aromatic nitrogens is 4. The zero-order valence-electron chi connectivity index (χ0n) is 8.24. The second-order valence-corrected chi connectivity index (χ2v) is 21.8. The van der Waals surface area contributed by atoms with Crippen LogP contribution in [0.15, 0.2) is 49.6 Å². The molecule has 0 saturated heterocycles. The third-order valence-corrected chi connectivity index (χ3v) is 0.955. The van der Waals surface area contributed by atoms with Crippen LogP contribution in [0.2, 0.25) is 0 Å². The Kier molecular flexibility index (Phi) is 11.1. The molecule has 0 atom stereocenters. The number of rotatable bonds is 0. The summed E-state index contributed by atoms with van der Waals surface area (Å²) in [6.45, 7) is 0. The first kappa shape index (κ1) is 17.0. The van der Waals surface area contributed by atoms with Crippen molar-refractivity contribution in [3.05, 3.63) is 49.6 Å². The van der Waals surface area contributed by atoms with E-state index < -0.39 is 11.9 Å². The zero-order valence-corrected chi connectivity index (χ0v) is 13.5. The molecule has 0 unspecified atom stereocenters. The number of hydrogen-bond donors (Lipinski definition) is 0. The number of halogens is 4. The molecule has 2 rings (SSSR count). The van der Waals surface area contributed by atoms with Crippen molar-refractivity contribution < 1.29 is 11.9 Å². The van der Waals surface area contributed by atoms with E-state index in [0.717, 1.165) is 0 Å². The Hall–Kier alpha value is 0.00831. The van der Waals surface area contributed by atoms with Crippen molar-refractivity contribution in [2.24, 2.45) is 0 Å². The average molecular weight is 497 g/mol. The molecule has 0 bridgehead atoms. The van der Waals surface area contributed by atoms with E-state index in [9.17, 15) is 0 Å². The largest absolute Gasteiger partial charge is 0.262 e. The van der Waals surface area contributed by atoms with Gasteiger partial charge < -0.3 is 0 Å². The van der Waals surface area contributed by atoms with Crippen LogP contribution < -0.4 is 0 Å². The summed E-state index contributed by atoms with van der Waals surface area (Å²) in [4.78, 5) is 14.9. The van der Waals surface area contributed by atoms with Crippen LogP contribution in [0.4, 0.5) is 0 Å². The number of hydrogen-bond acceptors (Lipinski definition) is 4. The predicted molar refractivity (Wildman–Crippen MR) is 67.5 cm³/mol. The fourth-order valence-corrected chi connectivity index (χ4v) is 0.507. The summed E-state index contributed by atoms with van der Waals surface area (Å²) < 4.78 is 0. The topological polar surface area (TPSA) is 51.6 Å². The first-order valence-corrected chi connectivity index (χ1v) is 15.1. The minimum atomic E-state index is -3.06. The van der Waals surface area contributed by atoms with Crippen molar-refractivity contribution >= 4 is 37.7 Å². The fourth-order valence-electron chi connectivity index (χ4n) is 0.507. The molecule has 0 fully saturated rings. The van der Waals surface area contributed by atoms with Crippen molar-refractivity contribution in [3.8, 4) is 0 Å². The zero-order chi connectivity index (χ0) is 13.0. The first-order valence-electron chi connectivity index (χ1n) is 3.88. The van der Waals surface area contributed by atoms with Gasteiger partial charge in [0.1, 0.15) is 0 Å². The minimum absolute atomic E-state index is 1.64. The minimum Gasteiger partial charge on any atom is -0.262 e. The van der Waals surface area contributed by atoms with E-state index in [1.165, 1.54) is 0 Å². The van der Waals surface area contributed by atoms with Crippen molar-refractivity contribution in [1.29, 1.82) is 0 Å². The number of nitrogens with zero attached hydrogens (tertiary/aromatic N) is 4. The molecule has 0 aromatic carbocycles. The molecular formula is C8H8Cl4N4Pt. The monoisotopic (exact) mass is 495 g/mol. The molecule has 0 spiro atoms. The van der Waals surface area contributed by atoms with Gasteiger partial charge in [-0.25, -0.2) is 0 Å². The van der Waals surface area contributed by atoms with Gasteiger partial charge >= 0.3 is 49.6 Å². The van der Waals surface area contributed by atoms with Crippen LogP contribution in [0.5, 0.6) is 0 Å². The predicted octanol–water partition coefficient (Wildman–Crippen LogP) is 3.71. The Bertz CT molecular complexity index is 268. The van der Waals surface area contributed by atoms with Gasteiger partial charge in [0, 0.05) is 49.6 Å². The third-order valence-electron chi connectivity index (χ3n) is 0.955. The van der Waals surface area contributed by atoms with E-state index in [4.69, 9.17) is 37.7 Å². The standard InChI is InChI=1S/2C4H4N2.4ClH.Pt/c2*1-2-6-4-3-5-1;;;;;/h2*1-4H;4*1H;/q;;;;;;+4/p-4. The Morgan fingerprint density at radius 2 is 0.588 bits per heavy atom. The van der Waals surface area contributed by atoms with Gasteiger partial charge in [0.25, 0.3) is 0 Å². The van der Waals surface area contributed by atoms with Crippen molar-refractivity contribution in [2.45, 2.75) is 0 Å². The fraction of sp³-hybridized carbons (Fsp3) is 0. The maximum atomic E-state index is 5.01. The Labute approximate surface area is 118 Å². The third kappa shape index (κ3) is 21.8. The molecule has 4 nitrogen and oxygen atoms in total. The van der Waals surface area contributed by atoms with Gasteiger partial charge in [0.15, 0.2) is 0 Å². The molecule has 2 aromatic heterocycles. The van der Waals surface area contributed by atoms with Crippen molar-refractivity contribution in [1.82, 2.24) is 19.9 Å². The summed E-state index contributed by atoms with van der Waals surface area (Å²) in [5.74, 6) is 0. The molecule has 9 heteroatoms. The maximum absolute atomic E-state index is 5.01. The van der Waals surface area contributed by atoms with Crippen LogP contribution in [0.3, 0.4) is 0 Å². The molecule has 0 aliphatic rings. The first-order chi connectivity index (χ1) is 8.00.